The minimum absolute atomic E-state index is 0.0364. The number of aryl methyl sites for hydroxylation is 1. The Labute approximate surface area is 107 Å². The lowest BCUT2D eigenvalue weighted by Crippen LogP contribution is -2.56. The van der Waals surface area contributed by atoms with Crippen LogP contribution >= 0.6 is 0 Å². The Morgan fingerprint density at radius 3 is 2.83 bits per heavy atom. The number of benzene rings is 1. The van der Waals surface area contributed by atoms with Crippen molar-refractivity contribution >= 4 is 5.69 Å². The quantitative estimate of drug-likeness (QED) is 0.875. The summed E-state index contributed by atoms with van der Waals surface area (Å²) in [6.45, 7) is 4.42. The van der Waals surface area contributed by atoms with Gasteiger partial charge in [-0.25, -0.2) is 4.39 Å². The van der Waals surface area contributed by atoms with Crippen LogP contribution in [0.1, 0.15) is 18.9 Å². The Morgan fingerprint density at radius 2 is 2.22 bits per heavy atom. The number of halogens is 1. The molecule has 1 saturated carbocycles. The van der Waals surface area contributed by atoms with Crippen LogP contribution in [0.25, 0.3) is 0 Å². The molecule has 0 aromatic heterocycles. The number of hydrogen-bond acceptors (Lipinski definition) is 3. The van der Waals surface area contributed by atoms with E-state index in [2.05, 4.69) is 5.32 Å². The molecule has 4 heteroatoms. The van der Waals surface area contributed by atoms with E-state index in [1.807, 2.05) is 13.0 Å². The predicted molar refractivity (Wildman–Crippen MR) is 69.4 cm³/mol. The first-order valence-electron chi connectivity index (χ1n) is 6.32. The molecule has 1 aliphatic rings. The van der Waals surface area contributed by atoms with Gasteiger partial charge in [-0.2, -0.15) is 0 Å². The number of ether oxygens (including phenoxy) is 2. The maximum Gasteiger partial charge on any atom is 0.128 e. The summed E-state index contributed by atoms with van der Waals surface area (Å²) in [5.74, 6) is -0.186. The summed E-state index contributed by atoms with van der Waals surface area (Å²) in [5.41, 5.74) is 1.45. The Bertz CT molecular complexity index is 411. The highest BCUT2D eigenvalue weighted by molar-refractivity contribution is 5.47. The van der Waals surface area contributed by atoms with Crippen molar-refractivity contribution in [1.29, 1.82) is 0 Å². The SMILES string of the molecule is CCOC1CC(Nc2ccc(C)c(F)c2)C1OC. The molecule has 1 aromatic carbocycles. The van der Waals surface area contributed by atoms with Crippen LogP contribution in [0.2, 0.25) is 0 Å². The lowest BCUT2D eigenvalue weighted by molar-refractivity contribution is -0.118. The zero-order valence-corrected chi connectivity index (χ0v) is 11.1. The van der Waals surface area contributed by atoms with Gasteiger partial charge in [-0.1, -0.05) is 6.07 Å². The summed E-state index contributed by atoms with van der Waals surface area (Å²) in [6.07, 6.45) is 1.07. The van der Waals surface area contributed by atoms with Crippen molar-refractivity contribution in [2.45, 2.75) is 38.5 Å². The largest absolute Gasteiger partial charge is 0.379 e. The van der Waals surface area contributed by atoms with Gasteiger partial charge in [0.25, 0.3) is 0 Å². The van der Waals surface area contributed by atoms with Gasteiger partial charge in [0, 0.05) is 19.4 Å². The van der Waals surface area contributed by atoms with Gasteiger partial charge >= 0.3 is 0 Å². The Balaban J connectivity index is 1.96. The average molecular weight is 253 g/mol. The van der Waals surface area contributed by atoms with Crippen molar-refractivity contribution in [2.24, 2.45) is 0 Å². The molecule has 3 nitrogen and oxygen atoms in total. The second kappa shape index (κ2) is 5.67. The predicted octanol–water partition coefficient (Wildman–Crippen LogP) is 2.74. The van der Waals surface area contributed by atoms with Crippen LogP contribution in [0.4, 0.5) is 10.1 Å². The summed E-state index contributed by atoms with van der Waals surface area (Å²) in [7, 11) is 1.68. The molecule has 100 valence electrons. The molecule has 3 atom stereocenters. The summed E-state index contributed by atoms with van der Waals surface area (Å²) < 4.78 is 24.4. The molecule has 0 spiro atoms. The van der Waals surface area contributed by atoms with E-state index in [-0.39, 0.29) is 24.1 Å². The molecule has 1 aromatic rings. The molecule has 0 bridgehead atoms. The van der Waals surface area contributed by atoms with Gasteiger partial charge in [0.2, 0.25) is 0 Å². The molecular weight excluding hydrogens is 233 g/mol. The highest BCUT2D eigenvalue weighted by Crippen LogP contribution is 2.30. The number of methoxy groups -OCH3 is 1. The van der Waals surface area contributed by atoms with Crippen LogP contribution in [0.5, 0.6) is 0 Å². The first kappa shape index (κ1) is 13.3. The fourth-order valence-electron chi connectivity index (χ4n) is 2.31. The molecule has 0 aliphatic heterocycles. The Hall–Kier alpha value is -1.13. The Morgan fingerprint density at radius 1 is 1.44 bits per heavy atom. The third-order valence-corrected chi connectivity index (χ3v) is 3.43. The molecule has 1 aliphatic carbocycles. The molecule has 0 heterocycles. The maximum absolute atomic E-state index is 13.4. The molecule has 0 saturated heterocycles. The van der Waals surface area contributed by atoms with Gasteiger partial charge in [0.1, 0.15) is 11.9 Å². The van der Waals surface area contributed by atoms with Crippen molar-refractivity contribution in [3.8, 4) is 0 Å². The average Bonchev–Trinajstić information content (AvgIpc) is 2.32. The highest BCUT2D eigenvalue weighted by atomic mass is 19.1. The minimum Gasteiger partial charge on any atom is -0.379 e. The van der Waals surface area contributed by atoms with E-state index in [4.69, 9.17) is 9.47 Å². The van der Waals surface area contributed by atoms with Crippen molar-refractivity contribution < 1.29 is 13.9 Å². The molecule has 18 heavy (non-hydrogen) atoms. The van der Waals surface area contributed by atoms with Crippen molar-refractivity contribution in [1.82, 2.24) is 0 Å². The lowest BCUT2D eigenvalue weighted by Gasteiger charge is -2.43. The summed E-state index contributed by atoms with van der Waals surface area (Å²) in [6, 6.07) is 5.38. The molecular formula is C14H20FNO2. The maximum atomic E-state index is 13.4. The molecule has 0 radical (unpaired) electrons. The van der Waals surface area contributed by atoms with E-state index < -0.39 is 0 Å². The van der Waals surface area contributed by atoms with Crippen LogP contribution in [-0.2, 0) is 9.47 Å². The number of rotatable bonds is 5. The summed E-state index contributed by atoms with van der Waals surface area (Å²) in [5, 5.41) is 3.29. The van der Waals surface area contributed by atoms with Crippen LogP contribution < -0.4 is 5.32 Å². The van der Waals surface area contributed by atoms with Crippen LogP contribution in [-0.4, -0.2) is 32.0 Å². The second-order valence-electron chi connectivity index (χ2n) is 4.64. The lowest BCUT2D eigenvalue weighted by atomic mass is 9.85. The topological polar surface area (TPSA) is 30.5 Å². The number of hydrogen-bond donors (Lipinski definition) is 1. The smallest absolute Gasteiger partial charge is 0.128 e. The zero-order valence-electron chi connectivity index (χ0n) is 11.1. The van der Waals surface area contributed by atoms with Gasteiger partial charge < -0.3 is 14.8 Å². The summed E-state index contributed by atoms with van der Waals surface area (Å²) >= 11 is 0. The van der Waals surface area contributed by atoms with E-state index in [1.54, 1.807) is 20.1 Å². The fraction of sp³-hybridized carbons (Fsp3) is 0.571. The molecule has 3 unspecified atom stereocenters. The molecule has 1 fully saturated rings. The van der Waals surface area contributed by atoms with Crippen molar-refractivity contribution in [3.05, 3.63) is 29.6 Å². The van der Waals surface area contributed by atoms with E-state index in [0.717, 1.165) is 12.1 Å². The number of anilines is 1. The van der Waals surface area contributed by atoms with Crippen molar-refractivity contribution in [2.75, 3.05) is 19.0 Å². The molecule has 2 rings (SSSR count). The van der Waals surface area contributed by atoms with Gasteiger partial charge in [-0.05, 0) is 38.0 Å². The van der Waals surface area contributed by atoms with Gasteiger partial charge in [0.15, 0.2) is 0 Å². The summed E-state index contributed by atoms with van der Waals surface area (Å²) in [4.78, 5) is 0. The monoisotopic (exact) mass is 253 g/mol. The van der Waals surface area contributed by atoms with Gasteiger partial charge in [-0.3, -0.25) is 0 Å². The van der Waals surface area contributed by atoms with Crippen LogP contribution in [0.3, 0.4) is 0 Å². The standard InChI is InChI=1S/C14H20FNO2/c1-4-18-13-8-12(14(13)17-3)16-10-6-5-9(2)11(15)7-10/h5-7,12-14,16H,4,8H2,1-3H3. The van der Waals surface area contributed by atoms with E-state index in [9.17, 15) is 4.39 Å². The van der Waals surface area contributed by atoms with Crippen molar-refractivity contribution in [3.63, 3.8) is 0 Å². The van der Waals surface area contributed by atoms with Gasteiger partial charge in [0.05, 0.1) is 12.1 Å². The van der Waals surface area contributed by atoms with Crippen LogP contribution in [0, 0.1) is 12.7 Å². The molecule has 0 amide bonds. The van der Waals surface area contributed by atoms with E-state index >= 15 is 0 Å². The van der Waals surface area contributed by atoms with Gasteiger partial charge in [-0.15, -0.1) is 0 Å². The first-order chi connectivity index (χ1) is 8.65. The number of nitrogens with one attached hydrogen (secondary N) is 1. The van der Waals surface area contributed by atoms with E-state index in [0.29, 0.717) is 12.2 Å². The normalized spacial score (nSPS) is 26.8. The minimum atomic E-state index is -0.186. The second-order valence-corrected chi connectivity index (χ2v) is 4.64. The third-order valence-electron chi connectivity index (χ3n) is 3.43. The molecule has 1 N–H and O–H groups in total. The fourth-order valence-corrected chi connectivity index (χ4v) is 2.31. The zero-order chi connectivity index (χ0) is 13.1. The first-order valence-corrected chi connectivity index (χ1v) is 6.32. The highest BCUT2D eigenvalue weighted by Gasteiger charge is 2.42. The third kappa shape index (κ3) is 2.65. The van der Waals surface area contributed by atoms with Crippen LogP contribution in [0.15, 0.2) is 18.2 Å². The Kier molecular flexibility index (Phi) is 4.19. The van der Waals surface area contributed by atoms with E-state index in [1.165, 1.54) is 6.07 Å².